The summed E-state index contributed by atoms with van der Waals surface area (Å²) >= 11 is 0. The number of aliphatic hydroxyl groups excluding tert-OH is 1. The van der Waals surface area contributed by atoms with Gasteiger partial charge in [-0.3, -0.25) is 0 Å². The second-order valence-electron chi connectivity index (χ2n) is 5.47. The van der Waals surface area contributed by atoms with Gasteiger partial charge in [-0.15, -0.1) is 0 Å². The van der Waals surface area contributed by atoms with E-state index in [0.29, 0.717) is 6.42 Å². The zero-order valence-corrected chi connectivity index (χ0v) is 11.6. The zero-order chi connectivity index (χ0) is 14.2. The first-order valence-corrected chi connectivity index (χ1v) is 7.24. The first kappa shape index (κ1) is 12.4. The number of ether oxygens (including phenoxy) is 1. The summed E-state index contributed by atoms with van der Waals surface area (Å²) in [5.41, 5.74) is 2.00. The van der Waals surface area contributed by atoms with E-state index < -0.39 is 6.10 Å². The molecule has 1 heterocycles. The van der Waals surface area contributed by atoms with Crippen molar-refractivity contribution in [3.05, 3.63) is 77.9 Å². The highest BCUT2D eigenvalue weighted by atomic mass is 16.5. The molecule has 3 aromatic carbocycles. The summed E-state index contributed by atoms with van der Waals surface area (Å²) < 4.78 is 6.24. The number of hydrogen-bond acceptors (Lipinski definition) is 2. The van der Waals surface area contributed by atoms with Crippen molar-refractivity contribution in [2.45, 2.75) is 18.6 Å². The number of fused-ring (bicyclic) bond motifs is 3. The molecule has 1 N–H and O–H groups in total. The Morgan fingerprint density at radius 1 is 0.857 bits per heavy atom. The third-order valence-corrected chi connectivity index (χ3v) is 4.14. The number of hydrogen-bond donors (Lipinski definition) is 1. The Balaban J connectivity index is 1.84. The van der Waals surface area contributed by atoms with Gasteiger partial charge in [-0.05, 0) is 10.9 Å². The maximum atomic E-state index is 10.5. The fraction of sp³-hybridized carbons (Fsp3) is 0.158. The van der Waals surface area contributed by atoms with Crippen LogP contribution >= 0.6 is 0 Å². The van der Waals surface area contributed by atoms with E-state index in [1.165, 1.54) is 0 Å². The molecular weight excluding hydrogens is 260 g/mol. The van der Waals surface area contributed by atoms with Gasteiger partial charge in [0.15, 0.2) is 0 Å². The molecule has 2 nitrogen and oxygen atoms in total. The van der Waals surface area contributed by atoms with E-state index in [0.717, 1.165) is 27.6 Å². The minimum Gasteiger partial charge on any atom is -0.485 e. The molecule has 1 aliphatic rings. The van der Waals surface area contributed by atoms with Gasteiger partial charge in [0.25, 0.3) is 0 Å². The van der Waals surface area contributed by atoms with E-state index in [1.54, 1.807) is 0 Å². The first-order chi connectivity index (χ1) is 10.3. The molecule has 2 unspecified atom stereocenters. The van der Waals surface area contributed by atoms with Crippen molar-refractivity contribution in [1.82, 2.24) is 0 Å². The van der Waals surface area contributed by atoms with Gasteiger partial charge in [-0.2, -0.15) is 0 Å². The molecule has 0 bridgehead atoms. The van der Waals surface area contributed by atoms with Crippen LogP contribution in [0.2, 0.25) is 0 Å². The predicted octanol–water partition coefficient (Wildman–Crippen LogP) is 4.40. The minimum absolute atomic E-state index is 0.0977. The van der Waals surface area contributed by atoms with Gasteiger partial charge in [-0.25, -0.2) is 0 Å². The Kier molecular flexibility index (Phi) is 2.90. The summed E-state index contributed by atoms with van der Waals surface area (Å²) in [4.78, 5) is 0. The second kappa shape index (κ2) is 4.90. The number of rotatable bonds is 1. The molecule has 0 aliphatic carbocycles. The van der Waals surface area contributed by atoms with Gasteiger partial charge in [0, 0.05) is 17.4 Å². The van der Waals surface area contributed by atoms with Crippen LogP contribution in [-0.4, -0.2) is 5.11 Å². The van der Waals surface area contributed by atoms with Gasteiger partial charge in [-0.1, -0.05) is 66.7 Å². The van der Waals surface area contributed by atoms with Gasteiger partial charge in [0.2, 0.25) is 0 Å². The molecular formula is C19H16O2. The van der Waals surface area contributed by atoms with Crippen molar-refractivity contribution < 1.29 is 9.84 Å². The van der Waals surface area contributed by atoms with E-state index in [2.05, 4.69) is 6.07 Å². The molecule has 0 fully saturated rings. The highest BCUT2D eigenvalue weighted by Crippen LogP contribution is 2.44. The topological polar surface area (TPSA) is 29.5 Å². The van der Waals surface area contributed by atoms with Crippen LogP contribution in [0.5, 0.6) is 5.75 Å². The monoisotopic (exact) mass is 276 g/mol. The van der Waals surface area contributed by atoms with Crippen molar-refractivity contribution in [3.8, 4) is 5.75 Å². The summed E-state index contributed by atoms with van der Waals surface area (Å²) in [6.45, 7) is 0. The molecule has 21 heavy (non-hydrogen) atoms. The van der Waals surface area contributed by atoms with Crippen LogP contribution in [-0.2, 0) is 0 Å². The van der Waals surface area contributed by atoms with Crippen LogP contribution in [0.15, 0.2) is 66.7 Å². The molecule has 2 atom stereocenters. The van der Waals surface area contributed by atoms with Crippen molar-refractivity contribution in [2.24, 2.45) is 0 Å². The van der Waals surface area contributed by atoms with E-state index >= 15 is 0 Å². The summed E-state index contributed by atoms with van der Waals surface area (Å²) in [7, 11) is 0. The highest BCUT2D eigenvalue weighted by molar-refractivity contribution is 5.90. The van der Waals surface area contributed by atoms with Gasteiger partial charge in [0.05, 0.1) is 6.10 Å². The Labute approximate surface area is 123 Å². The van der Waals surface area contributed by atoms with Crippen LogP contribution in [0.4, 0.5) is 0 Å². The third kappa shape index (κ3) is 2.08. The van der Waals surface area contributed by atoms with Gasteiger partial charge < -0.3 is 9.84 Å². The molecule has 0 spiro atoms. The van der Waals surface area contributed by atoms with Crippen LogP contribution < -0.4 is 4.74 Å². The summed E-state index contributed by atoms with van der Waals surface area (Å²) in [5.74, 6) is 0.820. The van der Waals surface area contributed by atoms with E-state index in [-0.39, 0.29) is 6.10 Å². The lowest BCUT2D eigenvalue weighted by atomic mass is 9.93. The van der Waals surface area contributed by atoms with E-state index in [9.17, 15) is 5.11 Å². The van der Waals surface area contributed by atoms with E-state index in [4.69, 9.17) is 4.74 Å². The maximum absolute atomic E-state index is 10.5. The van der Waals surface area contributed by atoms with Gasteiger partial charge >= 0.3 is 0 Å². The van der Waals surface area contributed by atoms with Crippen molar-refractivity contribution in [1.29, 1.82) is 0 Å². The third-order valence-electron chi connectivity index (χ3n) is 4.14. The predicted molar refractivity (Wildman–Crippen MR) is 83.3 cm³/mol. The van der Waals surface area contributed by atoms with E-state index in [1.807, 2.05) is 60.7 Å². The normalized spacial score (nSPS) is 20.8. The van der Waals surface area contributed by atoms with Gasteiger partial charge in [0.1, 0.15) is 11.9 Å². The van der Waals surface area contributed by atoms with Crippen molar-refractivity contribution in [3.63, 3.8) is 0 Å². The molecule has 0 amide bonds. The Morgan fingerprint density at radius 2 is 1.62 bits per heavy atom. The second-order valence-corrected chi connectivity index (χ2v) is 5.47. The summed E-state index contributed by atoms with van der Waals surface area (Å²) in [6, 6.07) is 22.3. The van der Waals surface area contributed by atoms with Crippen LogP contribution in [0.1, 0.15) is 29.8 Å². The number of benzene rings is 3. The number of aliphatic hydroxyl groups is 1. The zero-order valence-electron chi connectivity index (χ0n) is 11.6. The van der Waals surface area contributed by atoms with Crippen LogP contribution in [0.25, 0.3) is 10.8 Å². The lowest BCUT2D eigenvalue weighted by Gasteiger charge is -2.31. The van der Waals surface area contributed by atoms with Crippen molar-refractivity contribution in [2.75, 3.05) is 0 Å². The lowest BCUT2D eigenvalue weighted by Crippen LogP contribution is -2.19. The molecule has 0 saturated carbocycles. The molecule has 104 valence electrons. The molecule has 2 heteroatoms. The first-order valence-electron chi connectivity index (χ1n) is 7.24. The maximum Gasteiger partial charge on any atom is 0.133 e. The molecule has 1 aliphatic heterocycles. The average molecular weight is 276 g/mol. The molecule has 0 saturated heterocycles. The molecule has 3 aromatic rings. The SMILES string of the molecule is OC1CC(c2ccccc2)Oc2c1ccc1ccccc21. The smallest absolute Gasteiger partial charge is 0.133 e. The molecule has 4 rings (SSSR count). The van der Waals surface area contributed by atoms with Crippen molar-refractivity contribution >= 4 is 10.8 Å². The standard InChI is InChI=1S/C19H16O2/c20-17-12-18(14-7-2-1-3-8-14)21-19-15-9-5-4-6-13(15)10-11-16(17)19/h1-11,17-18,20H,12H2. The summed E-state index contributed by atoms with van der Waals surface area (Å²) in [6.07, 6.45) is 0.0121. The van der Waals surface area contributed by atoms with Crippen LogP contribution in [0, 0.1) is 0 Å². The largest absolute Gasteiger partial charge is 0.485 e. The Morgan fingerprint density at radius 3 is 2.48 bits per heavy atom. The molecule has 0 radical (unpaired) electrons. The fourth-order valence-electron chi connectivity index (χ4n) is 3.05. The minimum atomic E-state index is -0.483. The Bertz CT molecular complexity index is 780. The average Bonchev–Trinajstić information content (AvgIpc) is 2.55. The quantitative estimate of drug-likeness (QED) is 0.714. The lowest BCUT2D eigenvalue weighted by molar-refractivity contribution is 0.0672. The highest BCUT2D eigenvalue weighted by Gasteiger charge is 2.29. The fourth-order valence-corrected chi connectivity index (χ4v) is 3.05. The summed E-state index contributed by atoms with van der Waals surface area (Å²) in [5, 5.41) is 12.7. The Hall–Kier alpha value is -2.32. The van der Waals surface area contributed by atoms with Crippen LogP contribution in [0.3, 0.4) is 0 Å². The molecule has 0 aromatic heterocycles.